The van der Waals surface area contributed by atoms with Gasteiger partial charge in [-0.2, -0.15) is 0 Å². The van der Waals surface area contributed by atoms with Gasteiger partial charge in [-0.1, -0.05) is 6.92 Å². The first-order valence-electron chi connectivity index (χ1n) is 7.73. The predicted octanol–water partition coefficient (Wildman–Crippen LogP) is -0.516. The van der Waals surface area contributed by atoms with Gasteiger partial charge in [0, 0.05) is 0 Å². The fraction of sp³-hybridized carbons (Fsp3) is 0.867. The van der Waals surface area contributed by atoms with Crippen molar-refractivity contribution in [2.75, 3.05) is 6.61 Å². The third-order valence-electron chi connectivity index (χ3n) is 7.46. The van der Waals surface area contributed by atoms with Crippen LogP contribution in [0.1, 0.15) is 33.1 Å². The van der Waals surface area contributed by atoms with Gasteiger partial charge in [0.2, 0.25) is 5.60 Å². The van der Waals surface area contributed by atoms with Gasteiger partial charge in [-0.15, -0.1) is 0 Å². The molecule has 2 saturated carbocycles. The van der Waals surface area contributed by atoms with E-state index in [4.69, 9.17) is 14.2 Å². The Balaban J connectivity index is 1.88. The van der Waals surface area contributed by atoms with Gasteiger partial charge in [0.25, 0.3) is 5.79 Å². The molecule has 7 nitrogen and oxygen atoms in total. The standard InChI is InChI=1S/C15H18O7/c1-7-3-4-13-11(2)6-20-9(16)14(11,18)8-5-12(7,13)15(19,21-8)10(17)22-13/h7-8,18-19H,3-6H2,1-2H3/t7-,8+,11+,12+,13-,14-,15-/m1/s1. The Morgan fingerprint density at radius 1 is 1.23 bits per heavy atom. The summed E-state index contributed by atoms with van der Waals surface area (Å²) in [5.74, 6) is -3.67. The van der Waals surface area contributed by atoms with Crippen LogP contribution in [-0.2, 0) is 23.8 Å². The van der Waals surface area contributed by atoms with Crippen molar-refractivity contribution in [3.8, 4) is 0 Å². The van der Waals surface area contributed by atoms with Gasteiger partial charge >= 0.3 is 11.9 Å². The van der Waals surface area contributed by atoms with Gasteiger partial charge in [-0.05, 0) is 32.1 Å². The zero-order valence-electron chi connectivity index (χ0n) is 12.4. The van der Waals surface area contributed by atoms with E-state index in [2.05, 4.69) is 0 Å². The molecule has 2 aliphatic carbocycles. The minimum Gasteiger partial charge on any atom is -0.463 e. The number of hydrogen-bond donors (Lipinski definition) is 2. The van der Waals surface area contributed by atoms with E-state index in [-0.39, 0.29) is 18.9 Å². The lowest BCUT2D eigenvalue weighted by Crippen LogP contribution is -2.72. The molecule has 5 aliphatic rings. The van der Waals surface area contributed by atoms with Gasteiger partial charge in [-0.25, -0.2) is 9.59 Å². The number of carbonyl (C=O) groups is 2. The van der Waals surface area contributed by atoms with Crippen molar-refractivity contribution in [1.82, 2.24) is 0 Å². The first kappa shape index (κ1) is 13.3. The molecule has 1 spiro atoms. The molecule has 22 heavy (non-hydrogen) atoms. The minimum absolute atomic E-state index is 0.0222. The summed E-state index contributed by atoms with van der Waals surface area (Å²) in [6, 6.07) is 0. The van der Waals surface area contributed by atoms with Gasteiger partial charge in [0.1, 0.15) is 18.3 Å². The number of fused-ring (bicyclic) bond motifs is 3. The monoisotopic (exact) mass is 310 g/mol. The molecule has 120 valence electrons. The number of aliphatic hydroxyl groups is 2. The van der Waals surface area contributed by atoms with Crippen LogP contribution in [0.3, 0.4) is 0 Å². The van der Waals surface area contributed by atoms with Crippen LogP contribution >= 0.6 is 0 Å². The number of rotatable bonds is 0. The maximum Gasteiger partial charge on any atom is 0.368 e. The fourth-order valence-corrected chi connectivity index (χ4v) is 6.32. The van der Waals surface area contributed by atoms with E-state index in [1.54, 1.807) is 6.92 Å². The molecule has 5 fully saturated rings. The zero-order chi connectivity index (χ0) is 15.8. The van der Waals surface area contributed by atoms with Crippen LogP contribution < -0.4 is 0 Å². The molecule has 5 rings (SSSR count). The third kappa shape index (κ3) is 0.811. The van der Waals surface area contributed by atoms with E-state index in [0.717, 1.165) is 6.42 Å². The van der Waals surface area contributed by atoms with Gasteiger partial charge < -0.3 is 24.4 Å². The Hall–Kier alpha value is -1.18. The first-order valence-corrected chi connectivity index (χ1v) is 7.73. The summed E-state index contributed by atoms with van der Waals surface area (Å²) in [6.45, 7) is 3.64. The second-order valence-electron chi connectivity index (χ2n) is 7.76. The van der Waals surface area contributed by atoms with Gasteiger partial charge in [0.15, 0.2) is 0 Å². The lowest BCUT2D eigenvalue weighted by molar-refractivity contribution is -0.257. The third-order valence-corrected chi connectivity index (χ3v) is 7.46. The summed E-state index contributed by atoms with van der Waals surface area (Å²) < 4.78 is 16.5. The molecule has 0 aromatic heterocycles. The van der Waals surface area contributed by atoms with Crippen molar-refractivity contribution < 1.29 is 34.0 Å². The average molecular weight is 310 g/mol. The van der Waals surface area contributed by atoms with E-state index in [1.807, 2.05) is 6.92 Å². The van der Waals surface area contributed by atoms with Crippen LogP contribution in [0, 0.1) is 16.7 Å². The van der Waals surface area contributed by atoms with Crippen molar-refractivity contribution in [2.24, 2.45) is 16.7 Å². The maximum absolute atomic E-state index is 12.4. The fourth-order valence-electron chi connectivity index (χ4n) is 6.32. The molecule has 0 unspecified atom stereocenters. The molecule has 7 heteroatoms. The lowest BCUT2D eigenvalue weighted by atomic mass is 9.47. The van der Waals surface area contributed by atoms with Crippen LogP contribution in [0.2, 0.25) is 0 Å². The highest BCUT2D eigenvalue weighted by Gasteiger charge is 2.95. The van der Waals surface area contributed by atoms with E-state index in [1.165, 1.54) is 0 Å². The highest BCUT2D eigenvalue weighted by atomic mass is 16.7. The number of ether oxygens (including phenoxy) is 3. The van der Waals surface area contributed by atoms with E-state index in [9.17, 15) is 19.8 Å². The van der Waals surface area contributed by atoms with E-state index in [0.29, 0.717) is 6.42 Å². The SMILES string of the molecule is C[C@@H]1CC[C@]23OC(=O)[C@@]4(O)O[C@@H](C[C@]124)[C@@]1(O)C(=O)OC[C@@]31C. The summed E-state index contributed by atoms with van der Waals surface area (Å²) >= 11 is 0. The Kier molecular flexibility index (Phi) is 1.85. The molecule has 0 aromatic rings. The highest BCUT2D eigenvalue weighted by molar-refractivity contribution is 5.89. The summed E-state index contributed by atoms with van der Waals surface area (Å²) in [4.78, 5) is 24.7. The van der Waals surface area contributed by atoms with Crippen molar-refractivity contribution in [3.63, 3.8) is 0 Å². The van der Waals surface area contributed by atoms with Crippen LogP contribution in [0.5, 0.6) is 0 Å². The number of hydrogen-bond acceptors (Lipinski definition) is 7. The van der Waals surface area contributed by atoms with Crippen molar-refractivity contribution >= 4 is 11.9 Å². The molecule has 0 amide bonds. The molecule has 7 atom stereocenters. The van der Waals surface area contributed by atoms with Crippen molar-refractivity contribution in [3.05, 3.63) is 0 Å². The predicted molar refractivity (Wildman–Crippen MR) is 68.1 cm³/mol. The molecule has 3 heterocycles. The normalized spacial score (nSPS) is 64.4. The Bertz CT molecular complexity index is 648. The summed E-state index contributed by atoms with van der Waals surface area (Å²) in [5, 5.41) is 22.2. The summed E-state index contributed by atoms with van der Waals surface area (Å²) in [7, 11) is 0. The molecule has 0 radical (unpaired) electrons. The van der Waals surface area contributed by atoms with Gasteiger partial charge in [-0.3, -0.25) is 0 Å². The van der Waals surface area contributed by atoms with Crippen LogP contribution in [-0.4, -0.2) is 51.9 Å². The molecule has 2 bridgehead atoms. The number of cyclic esters (lactones) is 1. The van der Waals surface area contributed by atoms with Crippen molar-refractivity contribution in [2.45, 2.75) is 56.2 Å². The quantitative estimate of drug-likeness (QED) is 0.581. The smallest absolute Gasteiger partial charge is 0.368 e. The molecule has 0 aromatic carbocycles. The second-order valence-corrected chi connectivity index (χ2v) is 7.76. The molecule has 3 saturated heterocycles. The molecule has 3 aliphatic heterocycles. The number of carbonyl (C=O) groups excluding carboxylic acids is 2. The Morgan fingerprint density at radius 2 is 1.95 bits per heavy atom. The largest absolute Gasteiger partial charge is 0.463 e. The topological polar surface area (TPSA) is 102 Å². The molecule has 2 N–H and O–H groups in total. The molecular formula is C15H18O7. The molecular weight excluding hydrogens is 292 g/mol. The van der Waals surface area contributed by atoms with Crippen molar-refractivity contribution in [1.29, 1.82) is 0 Å². The maximum atomic E-state index is 12.4. The number of esters is 2. The van der Waals surface area contributed by atoms with E-state index < -0.39 is 45.9 Å². The minimum atomic E-state index is -2.09. The zero-order valence-corrected chi connectivity index (χ0v) is 12.4. The average Bonchev–Trinajstić information content (AvgIpc) is 3.07. The first-order chi connectivity index (χ1) is 10.2. The van der Waals surface area contributed by atoms with Gasteiger partial charge in [0.05, 0.1) is 10.8 Å². The van der Waals surface area contributed by atoms with E-state index >= 15 is 0 Å². The summed E-state index contributed by atoms with van der Waals surface area (Å²) in [6.07, 6.45) is 0.468. The van der Waals surface area contributed by atoms with Crippen LogP contribution in [0.4, 0.5) is 0 Å². The second kappa shape index (κ2) is 3.07. The Labute approximate surface area is 126 Å². The summed E-state index contributed by atoms with van der Waals surface area (Å²) in [5.41, 5.74) is -5.09. The van der Waals surface area contributed by atoms with Crippen LogP contribution in [0.15, 0.2) is 0 Å². The van der Waals surface area contributed by atoms with Crippen LogP contribution in [0.25, 0.3) is 0 Å². The highest BCUT2D eigenvalue weighted by Crippen LogP contribution is 2.79. The lowest BCUT2D eigenvalue weighted by Gasteiger charge is -2.56. The Morgan fingerprint density at radius 3 is 2.68 bits per heavy atom.